The summed E-state index contributed by atoms with van der Waals surface area (Å²) in [5.74, 6) is 0. The number of nitrogens with zero attached hydrogens (tertiary/aromatic N) is 3. The molecule has 2 heterocycles. The third-order valence-electron chi connectivity index (χ3n) is 4.08. The van der Waals surface area contributed by atoms with Gasteiger partial charge in [-0.05, 0) is 25.6 Å². The number of para-hydroxylation sites is 1. The van der Waals surface area contributed by atoms with Crippen molar-refractivity contribution < 1.29 is 0 Å². The fraction of sp³-hybridized carbons (Fsp3) is 0.263. The minimum absolute atomic E-state index is 0.0629. The summed E-state index contributed by atoms with van der Waals surface area (Å²) in [6.45, 7) is 7.96. The van der Waals surface area contributed by atoms with E-state index in [9.17, 15) is 4.79 Å². The minimum Gasteiger partial charge on any atom is -0.322 e. The lowest BCUT2D eigenvalue weighted by atomic mass is 10.1. The molecule has 3 rings (SSSR count). The van der Waals surface area contributed by atoms with E-state index in [2.05, 4.69) is 34.8 Å². The maximum Gasteiger partial charge on any atom is 0.248 e. The van der Waals surface area contributed by atoms with Gasteiger partial charge in [0.05, 0.1) is 12.2 Å². The van der Waals surface area contributed by atoms with E-state index in [1.165, 1.54) is 5.56 Å². The van der Waals surface area contributed by atoms with Crippen LogP contribution >= 0.6 is 0 Å². The van der Waals surface area contributed by atoms with Crippen molar-refractivity contribution >= 4 is 10.9 Å². The first-order valence-electron chi connectivity index (χ1n) is 8.00. The van der Waals surface area contributed by atoms with Crippen molar-refractivity contribution in [1.29, 1.82) is 0 Å². The summed E-state index contributed by atoms with van der Waals surface area (Å²) < 4.78 is 1.90. The number of benzene rings is 1. The van der Waals surface area contributed by atoms with Crippen LogP contribution in [-0.4, -0.2) is 26.7 Å². The lowest BCUT2D eigenvalue weighted by Crippen LogP contribution is -2.19. The smallest absolute Gasteiger partial charge is 0.248 e. The lowest BCUT2D eigenvalue weighted by molar-refractivity contribution is 0.319. The largest absolute Gasteiger partial charge is 0.322 e. The van der Waals surface area contributed by atoms with Gasteiger partial charge in [-0.1, -0.05) is 24.3 Å². The molecular weight excluding hydrogens is 300 g/mol. The summed E-state index contributed by atoms with van der Waals surface area (Å²) in [6.07, 6.45) is 3.89. The second-order valence-corrected chi connectivity index (χ2v) is 6.13. The molecule has 5 nitrogen and oxygen atoms in total. The Morgan fingerprint density at radius 1 is 1.29 bits per heavy atom. The normalized spacial score (nSPS) is 11.3. The van der Waals surface area contributed by atoms with Gasteiger partial charge in [-0.15, -0.1) is 6.58 Å². The quantitative estimate of drug-likeness (QED) is 0.710. The maximum absolute atomic E-state index is 11.9. The molecule has 0 radical (unpaired) electrons. The van der Waals surface area contributed by atoms with Crippen molar-refractivity contribution in [2.24, 2.45) is 0 Å². The molecule has 0 amide bonds. The summed E-state index contributed by atoms with van der Waals surface area (Å²) in [5, 5.41) is 5.57. The van der Waals surface area contributed by atoms with E-state index in [0.29, 0.717) is 13.1 Å². The molecule has 0 aliphatic carbocycles. The number of H-pyrrole nitrogens is 1. The molecule has 0 aliphatic heterocycles. The molecular formula is C19H22N4O. The van der Waals surface area contributed by atoms with Crippen LogP contribution in [0.3, 0.4) is 0 Å². The Morgan fingerprint density at radius 2 is 2.04 bits per heavy atom. The number of fused-ring (bicyclic) bond motifs is 1. The van der Waals surface area contributed by atoms with Gasteiger partial charge in [0.15, 0.2) is 0 Å². The fourth-order valence-electron chi connectivity index (χ4n) is 2.99. The summed E-state index contributed by atoms with van der Waals surface area (Å²) in [7, 11) is 2.06. The van der Waals surface area contributed by atoms with E-state index in [1.807, 2.05) is 41.9 Å². The molecule has 1 aromatic carbocycles. The number of hydrogen-bond donors (Lipinski definition) is 1. The van der Waals surface area contributed by atoms with Crippen molar-refractivity contribution in [3.05, 3.63) is 76.4 Å². The SMILES string of the molecule is C=CCn1cc(CN(C)Cc2cc(=O)[nH]c3ccccc23)c(C)n1. The predicted molar refractivity (Wildman–Crippen MR) is 96.9 cm³/mol. The molecule has 5 heteroatoms. The number of allylic oxidation sites excluding steroid dienone is 1. The average Bonchev–Trinajstić information content (AvgIpc) is 2.87. The number of aromatic nitrogens is 3. The summed E-state index contributed by atoms with van der Waals surface area (Å²) >= 11 is 0. The third kappa shape index (κ3) is 3.46. The van der Waals surface area contributed by atoms with Crippen LogP contribution in [-0.2, 0) is 19.6 Å². The van der Waals surface area contributed by atoms with Crippen molar-refractivity contribution in [1.82, 2.24) is 19.7 Å². The molecule has 0 atom stereocenters. The molecule has 0 unspecified atom stereocenters. The first kappa shape index (κ1) is 16.2. The lowest BCUT2D eigenvalue weighted by Gasteiger charge is -2.17. The molecule has 0 saturated carbocycles. The Kier molecular flexibility index (Phi) is 4.62. The Bertz CT molecular complexity index is 923. The van der Waals surface area contributed by atoms with Crippen molar-refractivity contribution in [3.8, 4) is 0 Å². The number of nitrogens with one attached hydrogen (secondary N) is 1. The Labute approximate surface area is 141 Å². The van der Waals surface area contributed by atoms with E-state index in [-0.39, 0.29) is 5.56 Å². The van der Waals surface area contributed by atoms with Gasteiger partial charge in [0.2, 0.25) is 5.56 Å². The molecule has 0 fully saturated rings. The second kappa shape index (κ2) is 6.84. The molecule has 0 spiro atoms. The van der Waals surface area contributed by atoms with Crippen LogP contribution < -0.4 is 5.56 Å². The van der Waals surface area contributed by atoms with Crippen LogP contribution in [0.4, 0.5) is 0 Å². The molecule has 0 aliphatic rings. The molecule has 0 saturated heterocycles. The summed E-state index contributed by atoms with van der Waals surface area (Å²) in [6, 6.07) is 9.59. The van der Waals surface area contributed by atoms with Crippen LogP contribution in [0.25, 0.3) is 10.9 Å². The van der Waals surface area contributed by atoms with Gasteiger partial charge in [0.25, 0.3) is 0 Å². The number of rotatable bonds is 6. The monoisotopic (exact) mass is 322 g/mol. The van der Waals surface area contributed by atoms with E-state index >= 15 is 0 Å². The maximum atomic E-state index is 11.9. The molecule has 2 aromatic heterocycles. The zero-order valence-corrected chi connectivity index (χ0v) is 14.1. The van der Waals surface area contributed by atoms with E-state index in [0.717, 1.165) is 28.7 Å². The summed E-state index contributed by atoms with van der Waals surface area (Å²) in [5.41, 5.74) is 4.07. The highest BCUT2D eigenvalue weighted by Gasteiger charge is 2.10. The second-order valence-electron chi connectivity index (χ2n) is 6.13. The Balaban J connectivity index is 1.81. The van der Waals surface area contributed by atoms with Crippen LogP contribution in [0.5, 0.6) is 0 Å². The first-order valence-corrected chi connectivity index (χ1v) is 8.00. The molecule has 24 heavy (non-hydrogen) atoms. The molecule has 3 aromatic rings. The Hall–Kier alpha value is -2.66. The Morgan fingerprint density at radius 3 is 2.83 bits per heavy atom. The zero-order valence-electron chi connectivity index (χ0n) is 14.1. The average molecular weight is 322 g/mol. The van der Waals surface area contributed by atoms with Crippen molar-refractivity contribution in [3.63, 3.8) is 0 Å². The molecule has 0 bridgehead atoms. The highest BCUT2D eigenvalue weighted by Crippen LogP contribution is 2.17. The van der Waals surface area contributed by atoms with Crippen molar-refractivity contribution in [2.45, 2.75) is 26.6 Å². The standard InChI is InChI=1S/C19H22N4O/c1-4-9-23-13-16(14(2)21-23)12-22(3)11-15-10-19(24)20-18-8-6-5-7-17(15)18/h4-8,10,13H,1,9,11-12H2,2-3H3,(H,20,24). The van der Waals surface area contributed by atoms with E-state index in [4.69, 9.17) is 0 Å². The summed E-state index contributed by atoms with van der Waals surface area (Å²) in [4.78, 5) is 17.0. The highest BCUT2D eigenvalue weighted by atomic mass is 16.1. The van der Waals surface area contributed by atoms with Gasteiger partial charge >= 0.3 is 0 Å². The highest BCUT2D eigenvalue weighted by molar-refractivity contribution is 5.81. The van der Waals surface area contributed by atoms with Crippen LogP contribution in [0.15, 0.2) is 54.0 Å². The van der Waals surface area contributed by atoms with Gasteiger partial charge in [0.1, 0.15) is 0 Å². The molecule has 1 N–H and O–H groups in total. The predicted octanol–water partition coefficient (Wildman–Crippen LogP) is 2.85. The number of aromatic amines is 1. The van der Waals surface area contributed by atoms with Crippen LogP contribution in [0, 0.1) is 6.92 Å². The third-order valence-corrected chi connectivity index (χ3v) is 4.08. The minimum atomic E-state index is -0.0629. The van der Waals surface area contributed by atoms with Crippen molar-refractivity contribution in [2.75, 3.05) is 7.05 Å². The number of pyridine rings is 1. The fourth-order valence-corrected chi connectivity index (χ4v) is 2.99. The first-order chi connectivity index (χ1) is 11.6. The number of hydrogen-bond acceptors (Lipinski definition) is 3. The molecule has 124 valence electrons. The van der Waals surface area contributed by atoms with Crippen LogP contribution in [0.2, 0.25) is 0 Å². The van der Waals surface area contributed by atoms with Gasteiger partial charge in [-0.3, -0.25) is 14.4 Å². The van der Waals surface area contributed by atoms with E-state index in [1.54, 1.807) is 6.07 Å². The number of aryl methyl sites for hydroxylation is 1. The van der Waals surface area contributed by atoms with Gasteiger partial charge in [0, 0.05) is 41.8 Å². The van der Waals surface area contributed by atoms with Gasteiger partial charge in [-0.2, -0.15) is 5.10 Å². The van der Waals surface area contributed by atoms with Crippen LogP contribution in [0.1, 0.15) is 16.8 Å². The van der Waals surface area contributed by atoms with Gasteiger partial charge in [-0.25, -0.2) is 0 Å². The topological polar surface area (TPSA) is 53.9 Å². The van der Waals surface area contributed by atoms with Gasteiger partial charge < -0.3 is 4.98 Å². The zero-order chi connectivity index (χ0) is 17.1. The van der Waals surface area contributed by atoms with E-state index < -0.39 is 0 Å².